The second-order valence-electron chi connectivity index (χ2n) is 3.20. The number of aliphatic hydroxyl groups excluding tert-OH is 1. The van der Waals surface area contributed by atoms with Crippen molar-refractivity contribution in [3.05, 3.63) is 29.8 Å². The van der Waals surface area contributed by atoms with Gasteiger partial charge in [0, 0.05) is 11.5 Å². The number of fused-ring (bicyclic) bond motifs is 1. The summed E-state index contributed by atoms with van der Waals surface area (Å²) in [5.41, 5.74) is 1.13. The van der Waals surface area contributed by atoms with Crippen molar-refractivity contribution >= 4 is 0 Å². The van der Waals surface area contributed by atoms with E-state index in [9.17, 15) is 5.11 Å². The summed E-state index contributed by atoms with van der Waals surface area (Å²) in [7, 11) is 0. The van der Waals surface area contributed by atoms with Gasteiger partial charge in [-0.2, -0.15) is 0 Å². The SMILES string of the molecule is C[C@H](O)C1COc2ccccc21. The van der Waals surface area contributed by atoms with E-state index in [2.05, 4.69) is 0 Å². The zero-order valence-electron chi connectivity index (χ0n) is 7.03. The van der Waals surface area contributed by atoms with E-state index in [0.29, 0.717) is 6.61 Å². The van der Waals surface area contributed by atoms with Crippen LogP contribution in [0.3, 0.4) is 0 Å². The average molecular weight is 164 g/mol. The molecule has 0 saturated carbocycles. The molecule has 1 N–H and O–H groups in total. The summed E-state index contributed by atoms with van der Waals surface area (Å²) in [6.07, 6.45) is -0.325. The monoisotopic (exact) mass is 164 g/mol. The summed E-state index contributed by atoms with van der Waals surface area (Å²) >= 11 is 0. The first-order chi connectivity index (χ1) is 5.79. The second kappa shape index (κ2) is 2.79. The van der Waals surface area contributed by atoms with Gasteiger partial charge in [-0.1, -0.05) is 18.2 Å². The Bertz CT molecular complexity index is 281. The van der Waals surface area contributed by atoms with Crippen molar-refractivity contribution in [1.82, 2.24) is 0 Å². The number of para-hydroxylation sites is 1. The molecule has 1 unspecified atom stereocenters. The molecule has 0 aliphatic carbocycles. The Balaban J connectivity index is 2.36. The van der Waals surface area contributed by atoms with Gasteiger partial charge in [0.2, 0.25) is 0 Å². The topological polar surface area (TPSA) is 29.5 Å². The molecular weight excluding hydrogens is 152 g/mol. The third kappa shape index (κ3) is 1.08. The predicted molar refractivity (Wildman–Crippen MR) is 46.4 cm³/mol. The van der Waals surface area contributed by atoms with Gasteiger partial charge in [0.05, 0.1) is 12.7 Å². The van der Waals surface area contributed by atoms with Crippen LogP contribution >= 0.6 is 0 Å². The van der Waals surface area contributed by atoms with Crippen molar-refractivity contribution in [1.29, 1.82) is 0 Å². The summed E-state index contributed by atoms with van der Waals surface area (Å²) in [5, 5.41) is 9.42. The van der Waals surface area contributed by atoms with Gasteiger partial charge < -0.3 is 9.84 Å². The quantitative estimate of drug-likeness (QED) is 0.682. The highest BCUT2D eigenvalue weighted by Crippen LogP contribution is 2.35. The van der Waals surface area contributed by atoms with Gasteiger partial charge in [-0.05, 0) is 13.0 Å². The fourth-order valence-electron chi connectivity index (χ4n) is 1.59. The highest BCUT2D eigenvalue weighted by molar-refractivity contribution is 5.40. The Kier molecular flexibility index (Phi) is 1.77. The van der Waals surface area contributed by atoms with Gasteiger partial charge in [-0.15, -0.1) is 0 Å². The van der Waals surface area contributed by atoms with E-state index >= 15 is 0 Å². The van der Waals surface area contributed by atoms with Crippen molar-refractivity contribution in [3.8, 4) is 5.75 Å². The Morgan fingerprint density at radius 1 is 1.50 bits per heavy atom. The van der Waals surface area contributed by atoms with Gasteiger partial charge in [0.15, 0.2) is 0 Å². The molecule has 0 amide bonds. The zero-order chi connectivity index (χ0) is 8.55. The van der Waals surface area contributed by atoms with E-state index in [-0.39, 0.29) is 12.0 Å². The van der Waals surface area contributed by atoms with Crippen LogP contribution in [0.1, 0.15) is 18.4 Å². The van der Waals surface area contributed by atoms with Crippen LogP contribution < -0.4 is 4.74 Å². The number of benzene rings is 1. The third-order valence-electron chi connectivity index (χ3n) is 2.32. The van der Waals surface area contributed by atoms with E-state index in [4.69, 9.17) is 4.74 Å². The molecule has 64 valence electrons. The van der Waals surface area contributed by atoms with Crippen LogP contribution in [0.2, 0.25) is 0 Å². The lowest BCUT2D eigenvalue weighted by Crippen LogP contribution is -2.15. The minimum Gasteiger partial charge on any atom is -0.493 e. The maximum atomic E-state index is 9.42. The molecule has 0 bridgehead atoms. The molecule has 0 radical (unpaired) electrons. The molecule has 0 spiro atoms. The van der Waals surface area contributed by atoms with Crippen LogP contribution in [0.5, 0.6) is 5.75 Å². The van der Waals surface area contributed by atoms with Crippen LogP contribution in [0.4, 0.5) is 0 Å². The maximum Gasteiger partial charge on any atom is 0.123 e. The van der Waals surface area contributed by atoms with Gasteiger partial charge in [0.25, 0.3) is 0 Å². The van der Waals surface area contributed by atoms with Crippen LogP contribution in [-0.4, -0.2) is 17.8 Å². The van der Waals surface area contributed by atoms with Crippen molar-refractivity contribution in [3.63, 3.8) is 0 Å². The Morgan fingerprint density at radius 3 is 3.00 bits per heavy atom. The van der Waals surface area contributed by atoms with E-state index in [1.54, 1.807) is 6.92 Å². The molecule has 1 aliphatic heterocycles. The highest BCUT2D eigenvalue weighted by Gasteiger charge is 2.26. The number of hydrogen-bond acceptors (Lipinski definition) is 2. The Hall–Kier alpha value is -1.02. The van der Waals surface area contributed by atoms with Crippen molar-refractivity contribution in [2.75, 3.05) is 6.61 Å². The van der Waals surface area contributed by atoms with Gasteiger partial charge in [-0.3, -0.25) is 0 Å². The summed E-state index contributed by atoms with van der Waals surface area (Å²) in [4.78, 5) is 0. The largest absolute Gasteiger partial charge is 0.493 e. The zero-order valence-corrected chi connectivity index (χ0v) is 7.03. The number of rotatable bonds is 1. The Labute approximate surface area is 71.8 Å². The molecule has 0 fully saturated rings. The smallest absolute Gasteiger partial charge is 0.123 e. The minimum absolute atomic E-state index is 0.154. The minimum atomic E-state index is -0.325. The lowest BCUT2D eigenvalue weighted by Gasteiger charge is -2.10. The van der Waals surface area contributed by atoms with Crippen LogP contribution in [0, 0.1) is 0 Å². The fraction of sp³-hybridized carbons (Fsp3) is 0.400. The lowest BCUT2D eigenvalue weighted by molar-refractivity contribution is 0.146. The molecule has 2 rings (SSSR count). The van der Waals surface area contributed by atoms with Gasteiger partial charge in [0.1, 0.15) is 5.75 Å². The van der Waals surface area contributed by atoms with E-state index in [1.165, 1.54) is 0 Å². The first-order valence-corrected chi connectivity index (χ1v) is 4.19. The van der Waals surface area contributed by atoms with E-state index in [0.717, 1.165) is 11.3 Å². The van der Waals surface area contributed by atoms with Crippen molar-refractivity contribution in [2.45, 2.75) is 18.9 Å². The molecule has 2 nitrogen and oxygen atoms in total. The highest BCUT2D eigenvalue weighted by atomic mass is 16.5. The molecule has 0 aromatic heterocycles. The predicted octanol–water partition coefficient (Wildman–Crippen LogP) is 1.54. The maximum absolute atomic E-state index is 9.42. The van der Waals surface area contributed by atoms with Crippen molar-refractivity contribution in [2.24, 2.45) is 0 Å². The number of hydrogen-bond donors (Lipinski definition) is 1. The van der Waals surface area contributed by atoms with E-state index in [1.807, 2.05) is 24.3 Å². The first-order valence-electron chi connectivity index (χ1n) is 4.19. The molecule has 2 atom stereocenters. The summed E-state index contributed by atoms with van der Waals surface area (Å²) in [6, 6.07) is 7.88. The number of ether oxygens (including phenoxy) is 1. The standard InChI is InChI=1S/C10H12O2/c1-7(11)9-6-12-10-5-3-2-4-8(9)10/h2-5,7,9,11H,6H2,1H3/t7-,9?/m0/s1. The van der Waals surface area contributed by atoms with Crippen molar-refractivity contribution < 1.29 is 9.84 Å². The van der Waals surface area contributed by atoms with E-state index < -0.39 is 0 Å². The Morgan fingerprint density at radius 2 is 2.25 bits per heavy atom. The molecular formula is C10H12O2. The third-order valence-corrected chi connectivity index (χ3v) is 2.32. The summed E-state index contributed by atoms with van der Waals surface area (Å²) < 4.78 is 5.41. The average Bonchev–Trinajstić information content (AvgIpc) is 2.47. The molecule has 0 saturated heterocycles. The van der Waals surface area contributed by atoms with Gasteiger partial charge in [-0.25, -0.2) is 0 Å². The van der Waals surface area contributed by atoms with Crippen LogP contribution in [0.15, 0.2) is 24.3 Å². The molecule has 1 aromatic rings. The van der Waals surface area contributed by atoms with Crippen LogP contribution in [0.25, 0.3) is 0 Å². The number of aliphatic hydroxyl groups is 1. The normalized spacial score (nSPS) is 23.0. The second-order valence-corrected chi connectivity index (χ2v) is 3.20. The van der Waals surface area contributed by atoms with Gasteiger partial charge >= 0.3 is 0 Å². The summed E-state index contributed by atoms with van der Waals surface area (Å²) in [5.74, 6) is 1.07. The molecule has 12 heavy (non-hydrogen) atoms. The fourth-order valence-corrected chi connectivity index (χ4v) is 1.59. The first kappa shape index (κ1) is 7.62. The molecule has 1 aliphatic rings. The van der Waals surface area contributed by atoms with Crippen LogP contribution in [-0.2, 0) is 0 Å². The molecule has 1 aromatic carbocycles. The molecule has 2 heteroatoms. The molecule has 1 heterocycles. The summed E-state index contributed by atoms with van der Waals surface area (Å²) in [6.45, 7) is 2.41. The lowest BCUT2D eigenvalue weighted by atomic mass is 9.97.